The van der Waals surface area contributed by atoms with E-state index in [0.717, 1.165) is 15.6 Å². The lowest BCUT2D eigenvalue weighted by Gasteiger charge is -2.06. The molecule has 0 aliphatic carbocycles. The number of benzene rings is 2. The van der Waals surface area contributed by atoms with Crippen LogP contribution in [0.1, 0.15) is 10.6 Å². The molecule has 2 aromatic carbocycles. The molecule has 7 nitrogen and oxygen atoms in total. The van der Waals surface area contributed by atoms with Gasteiger partial charge in [-0.1, -0.05) is 41.7 Å². The zero-order valence-corrected chi connectivity index (χ0v) is 14.3. The summed E-state index contributed by atoms with van der Waals surface area (Å²) in [5, 5.41) is 4.40. The molecule has 0 spiro atoms. The van der Waals surface area contributed by atoms with Gasteiger partial charge in [-0.05, 0) is 24.3 Å². The van der Waals surface area contributed by atoms with E-state index < -0.39 is 11.8 Å². The van der Waals surface area contributed by atoms with Crippen LogP contribution in [0.4, 0.5) is 5.13 Å². The van der Waals surface area contributed by atoms with Crippen molar-refractivity contribution in [2.24, 2.45) is 0 Å². The Hall–Kier alpha value is -3.39. The summed E-state index contributed by atoms with van der Waals surface area (Å²) in [4.78, 5) is 28.3. The first-order chi connectivity index (χ1) is 12.7. The number of hydrogen-bond acceptors (Lipinski definition) is 6. The van der Waals surface area contributed by atoms with Crippen LogP contribution in [0.25, 0.3) is 21.2 Å². The van der Waals surface area contributed by atoms with Crippen LogP contribution >= 0.6 is 11.3 Å². The number of para-hydroxylation sites is 2. The van der Waals surface area contributed by atoms with Gasteiger partial charge in [-0.3, -0.25) is 20.4 Å². The van der Waals surface area contributed by atoms with E-state index in [1.165, 1.54) is 11.3 Å². The van der Waals surface area contributed by atoms with E-state index in [2.05, 4.69) is 21.2 Å². The van der Waals surface area contributed by atoms with Crippen LogP contribution in [0.15, 0.2) is 59.0 Å². The van der Waals surface area contributed by atoms with Crippen molar-refractivity contribution in [3.63, 3.8) is 0 Å². The number of thiazole rings is 1. The number of rotatable bonds is 4. The van der Waals surface area contributed by atoms with E-state index in [-0.39, 0.29) is 12.3 Å². The van der Waals surface area contributed by atoms with Crippen LogP contribution in [0, 0.1) is 0 Å². The van der Waals surface area contributed by atoms with Gasteiger partial charge >= 0.3 is 5.91 Å². The number of nitrogens with one attached hydrogen (secondary N) is 3. The second-order valence-corrected chi connectivity index (χ2v) is 6.52. The molecule has 8 heteroatoms. The Bertz CT molecular complexity index is 1040. The van der Waals surface area contributed by atoms with E-state index in [1.807, 2.05) is 42.5 Å². The Morgan fingerprint density at radius 1 is 1.04 bits per heavy atom. The summed E-state index contributed by atoms with van der Waals surface area (Å²) < 4.78 is 6.47. The maximum absolute atomic E-state index is 12.1. The molecule has 3 N–H and O–H groups in total. The van der Waals surface area contributed by atoms with Crippen LogP contribution in [-0.2, 0) is 4.79 Å². The lowest BCUT2D eigenvalue weighted by atomic mass is 10.2. The third-order valence-electron chi connectivity index (χ3n) is 3.66. The molecule has 2 amide bonds. The summed E-state index contributed by atoms with van der Waals surface area (Å²) in [6.07, 6.45) is 0. The van der Waals surface area contributed by atoms with Gasteiger partial charge in [0.15, 0.2) is 10.9 Å². The summed E-state index contributed by atoms with van der Waals surface area (Å²) in [6, 6.07) is 16.6. The quantitative estimate of drug-likeness (QED) is 0.483. The van der Waals surface area contributed by atoms with Gasteiger partial charge in [0.25, 0.3) is 5.91 Å². The molecule has 2 aromatic heterocycles. The fraction of sp³-hybridized carbons (Fsp3) is 0.0556. The van der Waals surface area contributed by atoms with Crippen molar-refractivity contribution >= 4 is 49.5 Å². The first-order valence-corrected chi connectivity index (χ1v) is 8.68. The van der Waals surface area contributed by atoms with Gasteiger partial charge in [0, 0.05) is 5.39 Å². The fourth-order valence-electron chi connectivity index (χ4n) is 2.43. The maximum Gasteiger partial charge on any atom is 0.305 e. The van der Waals surface area contributed by atoms with Gasteiger partial charge in [-0.15, -0.1) is 0 Å². The SMILES string of the molecule is O=C(CNc1nc2ccccc2s1)NNC(=O)c1cc2ccccc2o1. The largest absolute Gasteiger partial charge is 0.451 e. The second kappa shape index (κ2) is 6.85. The zero-order valence-electron chi connectivity index (χ0n) is 13.5. The summed E-state index contributed by atoms with van der Waals surface area (Å²) in [7, 11) is 0. The lowest BCUT2D eigenvalue weighted by molar-refractivity contribution is -0.120. The van der Waals surface area contributed by atoms with Gasteiger partial charge in [0.1, 0.15) is 5.58 Å². The molecule has 0 aliphatic rings. The van der Waals surface area contributed by atoms with Crippen molar-refractivity contribution in [3.05, 3.63) is 60.4 Å². The van der Waals surface area contributed by atoms with Crippen molar-refractivity contribution in [2.75, 3.05) is 11.9 Å². The number of anilines is 1. The first-order valence-electron chi connectivity index (χ1n) is 7.86. The van der Waals surface area contributed by atoms with E-state index in [0.29, 0.717) is 10.7 Å². The number of hydrogen-bond donors (Lipinski definition) is 3. The van der Waals surface area contributed by atoms with E-state index in [1.54, 1.807) is 12.1 Å². The third-order valence-corrected chi connectivity index (χ3v) is 4.65. The predicted molar refractivity (Wildman–Crippen MR) is 99.9 cm³/mol. The normalized spacial score (nSPS) is 10.8. The highest BCUT2D eigenvalue weighted by atomic mass is 32.1. The van der Waals surface area contributed by atoms with Gasteiger partial charge in [-0.25, -0.2) is 4.98 Å². The molecule has 0 saturated heterocycles. The Kier molecular flexibility index (Phi) is 4.24. The monoisotopic (exact) mass is 366 g/mol. The number of furan rings is 1. The Morgan fingerprint density at radius 3 is 2.69 bits per heavy atom. The van der Waals surface area contributed by atoms with Crippen molar-refractivity contribution in [2.45, 2.75) is 0 Å². The number of hydrazine groups is 1. The highest BCUT2D eigenvalue weighted by Gasteiger charge is 2.13. The molecule has 130 valence electrons. The van der Waals surface area contributed by atoms with Crippen LogP contribution < -0.4 is 16.2 Å². The molecule has 0 fully saturated rings. The average molecular weight is 366 g/mol. The number of aromatic nitrogens is 1. The summed E-state index contributed by atoms with van der Waals surface area (Å²) in [5.74, 6) is -0.783. The molecule has 4 aromatic rings. The summed E-state index contributed by atoms with van der Waals surface area (Å²) in [5.41, 5.74) is 6.16. The summed E-state index contributed by atoms with van der Waals surface area (Å²) in [6.45, 7) is -0.0137. The highest BCUT2D eigenvalue weighted by molar-refractivity contribution is 7.22. The fourth-order valence-corrected chi connectivity index (χ4v) is 3.29. The molecule has 0 aliphatic heterocycles. The molecule has 2 heterocycles. The van der Waals surface area contributed by atoms with Gasteiger partial charge in [0.05, 0.1) is 16.8 Å². The van der Waals surface area contributed by atoms with Gasteiger partial charge in [-0.2, -0.15) is 0 Å². The van der Waals surface area contributed by atoms with Crippen LogP contribution in [0.3, 0.4) is 0 Å². The maximum atomic E-state index is 12.1. The standard InChI is InChI=1S/C18H14N4O3S/c23-16(10-19-18-20-12-6-2-4-8-15(12)26-18)21-22-17(24)14-9-11-5-1-3-7-13(11)25-14/h1-9H,10H2,(H,19,20)(H,21,23)(H,22,24). The minimum Gasteiger partial charge on any atom is -0.451 e. The summed E-state index contributed by atoms with van der Waals surface area (Å²) >= 11 is 1.46. The molecule has 0 radical (unpaired) electrons. The van der Waals surface area contributed by atoms with Crippen molar-refractivity contribution in [1.82, 2.24) is 15.8 Å². The smallest absolute Gasteiger partial charge is 0.305 e. The van der Waals surface area contributed by atoms with Crippen molar-refractivity contribution in [1.29, 1.82) is 0 Å². The first kappa shape index (κ1) is 16.1. The molecular formula is C18H14N4O3S. The molecule has 0 saturated carbocycles. The van der Waals surface area contributed by atoms with Gasteiger partial charge < -0.3 is 9.73 Å². The molecule has 4 rings (SSSR count). The van der Waals surface area contributed by atoms with Gasteiger partial charge in [0.2, 0.25) is 0 Å². The third kappa shape index (κ3) is 3.35. The minimum absolute atomic E-state index is 0.0137. The minimum atomic E-state index is -0.519. The molecule has 0 atom stereocenters. The topological polar surface area (TPSA) is 96.3 Å². The van der Waals surface area contributed by atoms with E-state index in [4.69, 9.17) is 4.42 Å². The number of carbonyl (C=O) groups excluding carboxylic acids is 2. The number of carbonyl (C=O) groups is 2. The second-order valence-electron chi connectivity index (χ2n) is 5.49. The number of fused-ring (bicyclic) bond motifs is 2. The number of amides is 2. The predicted octanol–water partition coefficient (Wildman–Crippen LogP) is 2.92. The van der Waals surface area contributed by atoms with Crippen molar-refractivity contribution in [3.8, 4) is 0 Å². The van der Waals surface area contributed by atoms with Crippen LogP contribution in [0.5, 0.6) is 0 Å². The zero-order chi connectivity index (χ0) is 17.9. The molecule has 26 heavy (non-hydrogen) atoms. The lowest BCUT2D eigenvalue weighted by Crippen LogP contribution is -2.44. The van der Waals surface area contributed by atoms with Crippen molar-refractivity contribution < 1.29 is 14.0 Å². The van der Waals surface area contributed by atoms with Crippen LogP contribution in [-0.4, -0.2) is 23.3 Å². The average Bonchev–Trinajstić information content (AvgIpc) is 3.27. The Balaban J connectivity index is 1.31. The molecular weight excluding hydrogens is 352 g/mol. The van der Waals surface area contributed by atoms with E-state index >= 15 is 0 Å². The Morgan fingerprint density at radius 2 is 1.85 bits per heavy atom. The highest BCUT2D eigenvalue weighted by Crippen LogP contribution is 2.25. The number of nitrogens with zero attached hydrogens (tertiary/aromatic N) is 1. The molecule has 0 unspecified atom stereocenters. The molecule has 0 bridgehead atoms. The Labute approximate surface area is 152 Å². The van der Waals surface area contributed by atoms with E-state index in [9.17, 15) is 9.59 Å². The van der Waals surface area contributed by atoms with Crippen LogP contribution in [0.2, 0.25) is 0 Å².